The average molecular weight is 250 g/mol. The van der Waals surface area contributed by atoms with Crippen molar-refractivity contribution in [3.8, 4) is 6.07 Å². The molecule has 1 aromatic carbocycles. The summed E-state index contributed by atoms with van der Waals surface area (Å²) in [6.07, 6.45) is 2.28. The fourth-order valence-electron chi connectivity index (χ4n) is 1.77. The molecule has 0 heterocycles. The molecule has 0 spiro atoms. The summed E-state index contributed by atoms with van der Waals surface area (Å²) in [5.74, 6) is 0. The van der Waals surface area contributed by atoms with Gasteiger partial charge in [0.25, 0.3) is 0 Å². The van der Waals surface area contributed by atoms with E-state index in [4.69, 9.17) is 0 Å². The van der Waals surface area contributed by atoms with Gasteiger partial charge in [0.2, 0.25) is 0 Å². The number of thioether (sulfide) groups is 1. The molecule has 4 heteroatoms. The highest BCUT2D eigenvalue weighted by atomic mass is 32.2. The van der Waals surface area contributed by atoms with E-state index in [1.807, 2.05) is 31.4 Å². The first kappa shape index (κ1) is 13.9. The molecule has 3 nitrogen and oxygen atoms in total. The third kappa shape index (κ3) is 3.95. The van der Waals surface area contributed by atoms with Crippen LogP contribution in [0, 0.1) is 11.3 Å². The van der Waals surface area contributed by atoms with E-state index in [0.29, 0.717) is 12.0 Å². The molecule has 1 aromatic rings. The third-order valence-electron chi connectivity index (χ3n) is 2.45. The Bertz CT molecular complexity index is 412. The van der Waals surface area contributed by atoms with Gasteiger partial charge in [-0.1, -0.05) is 6.07 Å². The van der Waals surface area contributed by atoms with Crippen molar-refractivity contribution in [2.75, 3.05) is 11.6 Å². The highest BCUT2D eigenvalue weighted by molar-refractivity contribution is 7.98. The lowest BCUT2D eigenvalue weighted by Gasteiger charge is -2.18. The van der Waals surface area contributed by atoms with Gasteiger partial charge in [-0.2, -0.15) is 5.26 Å². The van der Waals surface area contributed by atoms with E-state index in [0.717, 1.165) is 10.6 Å². The molecule has 2 N–H and O–H groups in total. The van der Waals surface area contributed by atoms with Crippen molar-refractivity contribution < 1.29 is 5.11 Å². The Balaban J connectivity index is 2.88. The smallest absolute Gasteiger partial charge is 0.102 e. The number of aliphatic hydroxyl groups is 1. The minimum atomic E-state index is -0.341. The maximum Gasteiger partial charge on any atom is 0.102 e. The molecule has 0 aliphatic rings. The van der Waals surface area contributed by atoms with Gasteiger partial charge in [-0.25, -0.2) is 0 Å². The maximum absolute atomic E-state index is 9.32. The Hall–Kier alpha value is -1.18. The molecule has 17 heavy (non-hydrogen) atoms. The van der Waals surface area contributed by atoms with E-state index in [1.165, 1.54) is 0 Å². The van der Waals surface area contributed by atoms with Crippen molar-refractivity contribution in [1.29, 1.82) is 5.26 Å². The molecule has 0 saturated heterocycles. The first-order chi connectivity index (χ1) is 8.08. The van der Waals surface area contributed by atoms with Crippen LogP contribution in [-0.2, 0) is 0 Å². The molecule has 0 aliphatic heterocycles. The van der Waals surface area contributed by atoms with Crippen LogP contribution in [0.5, 0.6) is 0 Å². The quantitative estimate of drug-likeness (QED) is 0.789. The first-order valence-electron chi connectivity index (χ1n) is 5.60. The number of nitriles is 1. The number of aliphatic hydroxyl groups excluding tert-OH is 1. The summed E-state index contributed by atoms with van der Waals surface area (Å²) in [7, 11) is 0. The molecule has 0 amide bonds. The summed E-state index contributed by atoms with van der Waals surface area (Å²) in [6.45, 7) is 3.77. The van der Waals surface area contributed by atoms with E-state index < -0.39 is 0 Å². The van der Waals surface area contributed by atoms with Crippen LogP contribution in [0.25, 0.3) is 0 Å². The van der Waals surface area contributed by atoms with Crippen LogP contribution in [0.4, 0.5) is 5.69 Å². The van der Waals surface area contributed by atoms with E-state index in [-0.39, 0.29) is 12.1 Å². The second-order valence-corrected chi connectivity index (χ2v) is 4.97. The van der Waals surface area contributed by atoms with Crippen molar-refractivity contribution in [2.45, 2.75) is 37.3 Å². The van der Waals surface area contributed by atoms with Crippen molar-refractivity contribution in [1.82, 2.24) is 0 Å². The van der Waals surface area contributed by atoms with Gasteiger partial charge < -0.3 is 10.4 Å². The summed E-state index contributed by atoms with van der Waals surface area (Å²) in [5.41, 5.74) is 1.52. The summed E-state index contributed by atoms with van der Waals surface area (Å²) >= 11 is 1.56. The zero-order chi connectivity index (χ0) is 12.8. The lowest BCUT2D eigenvalue weighted by Crippen LogP contribution is -2.21. The zero-order valence-corrected chi connectivity index (χ0v) is 11.2. The lowest BCUT2D eigenvalue weighted by molar-refractivity contribution is 0.179. The van der Waals surface area contributed by atoms with Crippen LogP contribution in [0.3, 0.4) is 0 Å². The fraction of sp³-hybridized carbons (Fsp3) is 0.462. The number of hydrogen-bond acceptors (Lipinski definition) is 4. The number of rotatable bonds is 5. The second kappa shape index (κ2) is 6.53. The number of nitrogens with one attached hydrogen (secondary N) is 1. The van der Waals surface area contributed by atoms with Gasteiger partial charge in [-0.3, -0.25) is 0 Å². The van der Waals surface area contributed by atoms with Gasteiger partial charge in [-0.05, 0) is 38.7 Å². The summed E-state index contributed by atoms with van der Waals surface area (Å²) in [5, 5.41) is 21.8. The predicted octanol–water partition coefficient (Wildman–Crippen LogP) is 2.85. The molecular weight excluding hydrogens is 232 g/mol. The van der Waals surface area contributed by atoms with Crippen LogP contribution >= 0.6 is 11.8 Å². The number of benzene rings is 1. The second-order valence-electron chi connectivity index (χ2n) is 4.12. The number of hydrogen-bond donors (Lipinski definition) is 2. The first-order valence-corrected chi connectivity index (χ1v) is 6.82. The van der Waals surface area contributed by atoms with E-state index in [2.05, 4.69) is 11.4 Å². The Labute approximate surface area is 107 Å². The van der Waals surface area contributed by atoms with Crippen molar-refractivity contribution in [2.24, 2.45) is 0 Å². The fourth-order valence-corrected chi connectivity index (χ4v) is 2.35. The summed E-state index contributed by atoms with van der Waals surface area (Å²) in [6, 6.07) is 8.14. The molecule has 2 unspecified atom stereocenters. The highest BCUT2D eigenvalue weighted by Gasteiger charge is 2.11. The van der Waals surface area contributed by atoms with Gasteiger partial charge >= 0.3 is 0 Å². The van der Waals surface area contributed by atoms with Gasteiger partial charge in [0.05, 0.1) is 17.4 Å². The van der Waals surface area contributed by atoms with Crippen LogP contribution in [-0.4, -0.2) is 23.5 Å². The molecule has 2 atom stereocenters. The van der Waals surface area contributed by atoms with Gasteiger partial charge in [0, 0.05) is 10.9 Å². The topological polar surface area (TPSA) is 56.0 Å². The lowest BCUT2D eigenvalue weighted by atomic mass is 10.1. The molecule has 0 saturated carbocycles. The molecule has 0 radical (unpaired) electrons. The standard InChI is InChI=1S/C13H18N2OS/c1-9(7-10(2)16)15-12-5-4-6-13(17-3)11(12)8-14/h4-6,9-10,15-16H,7H2,1-3H3. The molecule has 0 aliphatic carbocycles. The molecular formula is C13H18N2OS. The summed E-state index contributed by atoms with van der Waals surface area (Å²) in [4.78, 5) is 0.974. The Morgan fingerprint density at radius 1 is 1.47 bits per heavy atom. The number of anilines is 1. The molecule has 0 bridgehead atoms. The van der Waals surface area contributed by atoms with Crippen LogP contribution in [0.15, 0.2) is 23.1 Å². The Kier molecular flexibility index (Phi) is 5.33. The molecule has 1 rings (SSSR count). The number of nitrogens with zero attached hydrogens (tertiary/aromatic N) is 1. The van der Waals surface area contributed by atoms with E-state index in [1.54, 1.807) is 18.7 Å². The summed E-state index contributed by atoms with van der Waals surface area (Å²) < 4.78 is 0. The Morgan fingerprint density at radius 2 is 2.18 bits per heavy atom. The van der Waals surface area contributed by atoms with Gasteiger partial charge in [0.15, 0.2) is 0 Å². The normalized spacial score (nSPS) is 13.8. The molecule has 0 aromatic heterocycles. The van der Waals surface area contributed by atoms with Crippen molar-refractivity contribution >= 4 is 17.4 Å². The van der Waals surface area contributed by atoms with Gasteiger partial charge in [-0.15, -0.1) is 11.8 Å². The largest absolute Gasteiger partial charge is 0.393 e. The predicted molar refractivity (Wildman–Crippen MR) is 72.3 cm³/mol. The van der Waals surface area contributed by atoms with Crippen molar-refractivity contribution in [3.05, 3.63) is 23.8 Å². The highest BCUT2D eigenvalue weighted by Crippen LogP contribution is 2.26. The van der Waals surface area contributed by atoms with Crippen LogP contribution in [0.2, 0.25) is 0 Å². The Morgan fingerprint density at radius 3 is 2.71 bits per heavy atom. The minimum Gasteiger partial charge on any atom is -0.393 e. The van der Waals surface area contributed by atoms with Crippen LogP contribution in [0.1, 0.15) is 25.8 Å². The maximum atomic E-state index is 9.32. The monoisotopic (exact) mass is 250 g/mol. The van der Waals surface area contributed by atoms with Crippen molar-refractivity contribution in [3.63, 3.8) is 0 Å². The molecule has 92 valence electrons. The SMILES string of the molecule is CSc1cccc(NC(C)CC(C)O)c1C#N. The third-order valence-corrected chi connectivity index (χ3v) is 3.23. The molecule has 0 fully saturated rings. The zero-order valence-electron chi connectivity index (χ0n) is 10.4. The average Bonchev–Trinajstić information content (AvgIpc) is 2.27. The van der Waals surface area contributed by atoms with E-state index >= 15 is 0 Å². The minimum absolute atomic E-state index is 0.138. The van der Waals surface area contributed by atoms with Gasteiger partial charge in [0.1, 0.15) is 6.07 Å². The van der Waals surface area contributed by atoms with E-state index in [9.17, 15) is 10.4 Å². The van der Waals surface area contributed by atoms with Crippen LogP contribution < -0.4 is 5.32 Å².